The fourth-order valence-electron chi connectivity index (χ4n) is 1.74. The molecule has 15 heavy (non-hydrogen) atoms. The van der Waals surface area contributed by atoms with E-state index in [0.717, 1.165) is 6.54 Å². The van der Waals surface area contributed by atoms with Gasteiger partial charge in [0.15, 0.2) is 0 Å². The van der Waals surface area contributed by atoms with E-state index in [-0.39, 0.29) is 0 Å². The van der Waals surface area contributed by atoms with Crippen LogP contribution in [0.1, 0.15) is 64.7 Å². The van der Waals surface area contributed by atoms with Gasteiger partial charge in [-0.3, -0.25) is 0 Å². The van der Waals surface area contributed by atoms with E-state index in [4.69, 9.17) is 4.84 Å². The SMILES string of the molecule is CCCCCCCCCCCN(C)OC. The highest BCUT2D eigenvalue weighted by atomic mass is 16.7. The first-order valence-electron chi connectivity index (χ1n) is 6.56. The van der Waals surface area contributed by atoms with E-state index in [0.29, 0.717) is 0 Å². The standard InChI is InChI=1S/C13H29NO/c1-4-5-6-7-8-9-10-11-12-13-14(2)15-3/h4-13H2,1-3H3. The molecule has 0 amide bonds. The van der Waals surface area contributed by atoms with Crippen LogP contribution in [0.2, 0.25) is 0 Å². The zero-order chi connectivity index (χ0) is 11.4. The summed E-state index contributed by atoms with van der Waals surface area (Å²) in [6, 6.07) is 0. The Hall–Kier alpha value is -0.0800. The van der Waals surface area contributed by atoms with Gasteiger partial charge in [0.2, 0.25) is 0 Å². The van der Waals surface area contributed by atoms with Gasteiger partial charge in [0.25, 0.3) is 0 Å². The minimum absolute atomic E-state index is 1.06. The van der Waals surface area contributed by atoms with Crippen molar-refractivity contribution < 1.29 is 4.84 Å². The van der Waals surface area contributed by atoms with Crippen molar-refractivity contribution in [2.24, 2.45) is 0 Å². The Morgan fingerprint density at radius 2 is 1.27 bits per heavy atom. The summed E-state index contributed by atoms with van der Waals surface area (Å²) >= 11 is 0. The normalized spacial score (nSPS) is 11.2. The Labute approximate surface area is 95.9 Å². The highest BCUT2D eigenvalue weighted by Crippen LogP contribution is 2.09. The van der Waals surface area contributed by atoms with E-state index < -0.39 is 0 Å². The van der Waals surface area contributed by atoms with Crippen LogP contribution in [0.15, 0.2) is 0 Å². The lowest BCUT2D eigenvalue weighted by molar-refractivity contribution is -0.109. The Balaban J connectivity index is 2.92. The molecule has 0 atom stereocenters. The molecule has 0 aliphatic carbocycles. The fraction of sp³-hybridized carbons (Fsp3) is 1.00. The summed E-state index contributed by atoms with van der Waals surface area (Å²) in [6.45, 7) is 3.33. The summed E-state index contributed by atoms with van der Waals surface area (Å²) in [4.78, 5) is 5.06. The van der Waals surface area contributed by atoms with Gasteiger partial charge in [-0.15, -0.1) is 0 Å². The molecule has 0 aliphatic rings. The molecule has 2 nitrogen and oxygen atoms in total. The maximum Gasteiger partial charge on any atom is 0.0575 e. The lowest BCUT2D eigenvalue weighted by Crippen LogP contribution is -2.17. The van der Waals surface area contributed by atoms with Gasteiger partial charge in [-0.25, -0.2) is 0 Å². The molecule has 0 aromatic rings. The predicted molar refractivity (Wildman–Crippen MR) is 66.9 cm³/mol. The summed E-state index contributed by atoms with van der Waals surface area (Å²) in [7, 11) is 3.72. The zero-order valence-electron chi connectivity index (χ0n) is 10.9. The molecule has 0 fully saturated rings. The van der Waals surface area contributed by atoms with Crippen LogP contribution < -0.4 is 0 Å². The molecule has 0 aliphatic heterocycles. The van der Waals surface area contributed by atoms with E-state index >= 15 is 0 Å². The van der Waals surface area contributed by atoms with Crippen molar-refractivity contribution in [3.05, 3.63) is 0 Å². The summed E-state index contributed by atoms with van der Waals surface area (Å²) < 4.78 is 0. The van der Waals surface area contributed by atoms with E-state index in [9.17, 15) is 0 Å². The summed E-state index contributed by atoms with van der Waals surface area (Å²) in [5, 5.41) is 1.90. The van der Waals surface area contributed by atoms with Gasteiger partial charge < -0.3 is 4.84 Å². The molecule has 0 spiro atoms. The molecule has 0 bridgehead atoms. The van der Waals surface area contributed by atoms with Crippen LogP contribution >= 0.6 is 0 Å². The molecule has 0 aromatic carbocycles. The zero-order valence-corrected chi connectivity index (χ0v) is 10.9. The molecule has 0 radical (unpaired) electrons. The summed E-state index contributed by atoms with van der Waals surface area (Å²) in [6.07, 6.45) is 12.5. The molecule has 0 rings (SSSR count). The van der Waals surface area contributed by atoms with Crippen molar-refractivity contribution in [2.75, 3.05) is 20.7 Å². The number of unbranched alkanes of at least 4 members (excludes halogenated alkanes) is 8. The second-order valence-electron chi connectivity index (χ2n) is 4.36. The van der Waals surface area contributed by atoms with Gasteiger partial charge in [-0.2, -0.15) is 5.06 Å². The lowest BCUT2D eigenvalue weighted by atomic mass is 10.1. The third kappa shape index (κ3) is 11.8. The van der Waals surface area contributed by atoms with Crippen molar-refractivity contribution in [3.63, 3.8) is 0 Å². The van der Waals surface area contributed by atoms with Crippen LogP contribution in [0.25, 0.3) is 0 Å². The number of rotatable bonds is 11. The third-order valence-electron chi connectivity index (χ3n) is 2.89. The van der Waals surface area contributed by atoms with Crippen molar-refractivity contribution >= 4 is 0 Å². The van der Waals surface area contributed by atoms with Crippen LogP contribution in [0.4, 0.5) is 0 Å². The minimum atomic E-state index is 1.06. The maximum absolute atomic E-state index is 5.06. The first-order chi connectivity index (χ1) is 7.31. The molecular weight excluding hydrogens is 186 g/mol. The van der Waals surface area contributed by atoms with E-state index in [1.165, 1.54) is 57.8 Å². The predicted octanol–water partition coefficient (Wildman–Crippen LogP) is 4.01. The van der Waals surface area contributed by atoms with Crippen molar-refractivity contribution in [1.82, 2.24) is 5.06 Å². The van der Waals surface area contributed by atoms with Gasteiger partial charge in [0, 0.05) is 13.6 Å². The molecule has 0 saturated carbocycles. The Kier molecular flexibility index (Phi) is 11.9. The molecule has 2 heteroatoms. The molecule has 0 unspecified atom stereocenters. The van der Waals surface area contributed by atoms with E-state index in [1.54, 1.807) is 7.11 Å². The van der Waals surface area contributed by atoms with Crippen LogP contribution in [-0.4, -0.2) is 25.8 Å². The first kappa shape index (κ1) is 14.9. The van der Waals surface area contributed by atoms with Gasteiger partial charge in [-0.05, 0) is 6.42 Å². The Bertz CT molecular complexity index is 117. The third-order valence-corrected chi connectivity index (χ3v) is 2.89. The van der Waals surface area contributed by atoms with Gasteiger partial charge in [0.05, 0.1) is 7.11 Å². The average Bonchev–Trinajstić information content (AvgIpc) is 2.26. The number of hydrogen-bond acceptors (Lipinski definition) is 2. The Morgan fingerprint density at radius 3 is 1.73 bits per heavy atom. The highest BCUT2D eigenvalue weighted by Gasteiger charge is 1.95. The molecule has 0 heterocycles. The van der Waals surface area contributed by atoms with Crippen LogP contribution in [0, 0.1) is 0 Å². The fourth-order valence-corrected chi connectivity index (χ4v) is 1.74. The second-order valence-corrected chi connectivity index (χ2v) is 4.36. The van der Waals surface area contributed by atoms with E-state index in [1.807, 2.05) is 12.1 Å². The monoisotopic (exact) mass is 215 g/mol. The molecule has 0 saturated heterocycles. The number of nitrogens with zero attached hydrogens (tertiary/aromatic N) is 1. The average molecular weight is 215 g/mol. The number of hydroxylamine groups is 2. The van der Waals surface area contributed by atoms with Crippen LogP contribution in [0.5, 0.6) is 0 Å². The maximum atomic E-state index is 5.06. The van der Waals surface area contributed by atoms with Crippen molar-refractivity contribution in [1.29, 1.82) is 0 Å². The van der Waals surface area contributed by atoms with Crippen LogP contribution in [-0.2, 0) is 4.84 Å². The summed E-state index contributed by atoms with van der Waals surface area (Å²) in [5.41, 5.74) is 0. The van der Waals surface area contributed by atoms with Crippen molar-refractivity contribution in [2.45, 2.75) is 64.7 Å². The Morgan fingerprint density at radius 1 is 0.800 bits per heavy atom. The quantitative estimate of drug-likeness (QED) is 0.381. The first-order valence-corrected chi connectivity index (χ1v) is 6.56. The minimum Gasteiger partial charge on any atom is -0.303 e. The molecule has 92 valence electrons. The van der Waals surface area contributed by atoms with Gasteiger partial charge >= 0.3 is 0 Å². The molecular formula is C13H29NO. The van der Waals surface area contributed by atoms with Crippen LogP contribution in [0.3, 0.4) is 0 Å². The van der Waals surface area contributed by atoms with E-state index in [2.05, 4.69) is 6.92 Å². The highest BCUT2D eigenvalue weighted by molar-refractivity contribution is 4.47. The lowest BCUT2D eigenvalue weighted by Gasteiger charge is -2.12. The van der Waals surface area contributed by atoms with Gasteiger partial charge in [-0.1, -0.05) is 58.3 Å². The number of hydrogen-bond donors (Lipinski definition) is 0. The molecule has 0 aromatic heterocycles. The topological polar surface area (TPSA) is 12.5 Å². The largest absolute Gasteiger partial charge is 0.303 e. The van der Waals surface area contributed by atoms with Crippen molar-refractivity contribution in [3.8, 4) is 0 Å². The summed E-state index contributed by atoms with van der Waals surface area (Å²) in [5.74, 6) is 0. The smallest absolute Gasteiger partial charge is 0.0575 e. The van der Waals surface area contributed by atoms with Gasteiger partial charge in [0.1, 0.15) is 0 Å². The second kappa shape index (κ2) is 12.0. The molecule has 0 N–H and O–H groups in total.